The van der Waals surface area contributed by atoms with E-state index in [9.17, 15) is 5.11 Å². The van der Waals surface area contributed by atoms with Crippen LogP contribution in [0.1, 0.15) is 77.2 Å². The van der Waals surface area contributed by atoms with Crippen LogP contribution in [0.4, 0.5) is 0 Å². The summed E-state index contributed by atoms with van der Waals surface area (Å²) < 4.78 is 5.30. The van der Waals surface area contributed by atoms with Crippen LogP contribution in [-0.2, 0) is 0 Å². The van der Waals surface area contributed by atoms with Gasteiger partial charge in [0.05, 0.1) is 13.2 Å². The van der Waals surface area contributed by atoms with E-state index in [1.807, 2.05) is 12.1 Å². The van der Waals surface area contributed by atoms with Crippen LogP contribution in [0.25, 0.3) is 6.08 Å². The molecule has 4 fully saturated rings. The lowest BCUT2D eigenvalue weighted by Crippen LogP contribution is -2.53. The zero-order chi connectivity index (χ0) is 20.2. The number of ether oxygens (including phenoxy) is 1. The number of benzene rings is 1. The Bertz CT molecular complexity index is 780. The molecule has 2 nitrogen and oxygen atoms in total. The van der Waals surface area contributed by atoms with Crippen LogP contribution < -0.4 is 4.74 Å². The number of hydrogen-bond acceptors (Lipinski definition) is 2. The average Bonchev–Trinajstić information content (AvgIpc) is 2.99. The Morgan fingerprint density at radius 3 is 2.48 bits per heavy atom. The van der Waals surface area contributed by atoms with Gasteiger partial charge >= 0.3 is 0 Å². The van der Waals surface area contributed by atoms with Crippen molar-refractivity contribution in [3.63, 3.8) is 0 Å². The van der Waals surface area contributed by atoms with Gasteiger partial charge in [-0.3, -0.25) is 0 Å². The molecule has 0 aromatic heterocycles. The minimum Gasteiger partial charge on any atom is -0.497 e. The minimum atomic E-state index is -0.285. The highest BCUT2D eigenvalue weighted by atomic mass is 16.5. The fraction of sp³-hybridized carbons (Fsp3) is 0.704. The van der Waals surface area contributed by atoms with Gasteiger partial charge in [-0.1, -0.05) is 44.9 Å². The van der Waals surface area contributed by atoms with Crippen molar-refractivity contribution in [2.75, 3.05) is 7.11 Å². The van der Waals surface area contributed by atoms with Crippen molar-refractivity contribution in [1.29, 1.82) is 0 Å². The molecule has 158 valence electrons. The largest absolute Gasteiger partial charge is 0.497 e. The molecular weight excluding hydrogens is 356 g/mol. The molecule has 4 saturated carbocycles. The molecule has 1 aromatic rings. The van der Waals surface area contributed by atoms with Crippen LogP contribution in [-0.4, -0.2) is 18.3 Å². The van der Waals surface area contributed by atoms with E-state index in [0.717, 1.165) is 29.9 Å². The second-order valence-electron chi connectivity index (χ2n) is 11.0. The molecule has 0 amide bonds. The minimum absolute atomic E-state index is 0.0668. The first-order chi connectivity index (χ1) is 14.0. The first-order valence-corrected chi connectivity index (χ1v) is 12.0. The number of rotatable bonds is 2. The van der Waals surface area contributed by atoms with Gasteiger partial charge in [0.2, 0.25) is 0 Å². The van der Waals surface area contributed by atoms with E-state index in [4.69, 9.17) is 4.74 Å². The molecule has 0 saturated heterocycles. The topological polar surface area (TPSA) is 29.5 Å². The number of aliphatic hydroxyl groups excluding tert-OH is 1. The molecule has 0 spiro atoms. The zero-order valence-electron chi connectivity index (χ0n) is 18.5. The Labute approximate surface area is 176 Å². The smallest absolute Gasteiger partial charge is 0.118 e. The molecule has 7 atom stereocenters. The molecule has 0 bridgehead atoms. The van der Waals surface area contributed by atoms with Crippen molar-refractivity contribution >= 4 is 6.08 Å². The average molecular weight is 395 g/mol. The third kappa shape index (κ3) is 3.00. The van der Waals surface area contributed by atoms with Crippen LogP contribution in [0.5, 0.6) is 5.75 Å². The molecule has 0 radical (unpaired) electrons. The Morgan fingerprint density at radius 1 is 0.931 bits per heavy atom. The van der Waals surface area contributed by atoms with Crippen LogP contribution in [0.3, 0.4) is 0 Å². The first kappa shape index (κ1) is 19.7. The Hall–Kier alpha value is -1.28. The lowest BCUT2D eigenvalue weighted by molar-refractivity contribution is -0.119. The maximum absolute atomic E-state index is 11.4. The highest BCUT2D eigenvalue weighted by Crippen LogP contribution is 2.67. The van der Waals surface area contributed by atoms with Crippen LogP contribution >= 0.6 is 0 Å². The molecule has 1 aromatic carbocycles. The molecule has 4 aliphatic carbocycles. The van der Waals surface area contributed by atoms with Gasteiger partial charge in [-0.2, -0.15) is 0 Å². The van der Waals surface area contributed by atoms with Gasteiger partial charge in [-0.05, 0) is 97.3 Å². The Morgan fingerprint density at radius 2 is 1.72 bits per heavy atom. The summed E-state index contributed by atoms with van der Waals surface area (Å²) in [5.74, 6) is 4.19. The quantitative estimate of drug-likeness (QED) is 0.622. The standard InChI is InChI=1S/C27H38O2/c1-26-14-5-4-6-20(26)9-12-22-23(26)13-15-27(2)24(22)17-19(25(27)28)16-18-7-10-21(29-3)11-8-18/h7-8,10-11,16,20,22-25,28H,4-6,9,12-15,17H2,1-3H3/b19-16+/t20-,22-,23+,24+,25+,26+,27+/m1/s1. The summed E-state index contributed by atoms with van der Waals surface area (Å²) in [6.07, 6.45) is 14.2. The first-order valence-electron chi connectivity index (χ1n) is 12.0. The van der Waals surface area contributed by atoms with E-state index >= 15 is 0 Å². The molecule has 0 unspecified atom stereocenters. The van der Waals surface area contributed by atoms with Crippen LogP contribution in [0, 0.1) is 34.5 Å². The van der Waals surface area contributed by atoms with Crippen molar-refractivity contribution in [3.8, 4) is 5.75 Å². The molecular formula is C27H38O2. The summed E-state index contributed by atoms with van der Waals surface area (Å²) in [7, 11) is 1.71. The third-order valence-electron chi connectivity index (χ3n) is 9.92. The van der Waals surface area contributed by atoms with Crippen molar-refractivity contribution in [2.45, 2.75) is 77.7 Å². The number of aliphatic hydroxyl groups is 1. The number of methoxy groups -OCH3 is 1. The summed E-state index contributed by atoms with van der Waals surface area (Å²) in [4.78, 5) is 0. The monoisotopic (exact) mass is 394 g/mol. The molecule has 29 heavy (non-hydrogen) atoms. The second-order valence-corrected chi connectivity index (χ2v) is 11.0. The summed E-state index contributed by atoms with van der Waals surface area (Å²) in [5, 5.41) is 11.4. The lowest BCUT2D eigenvalue weighted by atomic mass is 9.45. The summed E-state index contributed by atoms with van der Waals surface area (Å²) in [6, 6.07) is 8.26. The Balaban J connectivity index is 1.43. The van der Waals surface area contributed by atoms with Gasteiger partial charge in [0.1, 0.15) is 5.75 Å². The summed E-state index contributed by atoms with van der Waals surface area (Å²) >= 11 is 0. The lowest BCUT2D eigenvalue weighted by Gasteiger charge is -2.60. The van der Waals surface area contributed by atoms with Gasteiger partial charge in [0.15, 0.2) is 0 Å². The van der Waals surface area contributed by atoms with E-state index in [2.05, 4.69) is 32.1 Å². The van der Waals surface area contributed by atoms with E-state index in [1.165, 1.54) is 62.5 Å². The molecule has 4 aliphatic rings. The summed E-state index contributed by atoms with van der Waals surface area (Å²) in [5.41, 5.74) is 3.08. The van der Waals surface area contributed by atoms with E-state index in [0.29, 0.717) is 11.3 Å². The number of fused-ring (bicyclic) bond motifs is 5. The van der Waals surface area contributed by atoms with Crippen molar-refractivity contribution in [2.24, 2.45) is 34.5 Å². The van der Waals surface area contributed by atoms with Crippen molar-refractivity contribution in [1.82, 2.24) is 0 Å². The maximum atomic E-state index is 11.4. The van der Waals surface area contributed by atoms with E-state index in [-0.39, 0.29) is 11.5 Å². The van der Waals surface area contributed by atoms with Gasteiger partial charge < -0.3 is 9.84 Å². The van der Waals surface area contributed by atoms with Gasteiger partial charge in [-0.25, -0.2) is 0 Å². The molecule has 5 rings (SSSR count). The molecule has 0 aliphatic heterocycles. The van der Waals surface area contributed by atoms with E-state index in [1.54, 1.807) is 7.11 Å². The zero-order valence-corrected chi connectivity index (χ0v) is 18.5. The fourth-order valence-corrected chi connectivity index (χ4v) is 8.21. The van der Waals surface area contributed by atoms with Crippen molar-refractivity contribution < 1.29 is 9.84 Å². The van der Waals surface area contributed by atoms with E-state index < -0.39 is 0 Å². The van der Waals surface area contributed by atoms with Gasteiger partial charge in [0.25, 0.3) is 0 Å². The predicted octanol–water partition coefficient (Wildman–Crippen LogP) is 6.48. The van der Waals surface area contributed by atoms with Crippen LogP contribution in [0.2, 0.25) is 0 Å². The third-order valence-corrected chi connectivity index (χ3v) is 9.92. The fourth-order valence-electron chi connectivity index (χ4n) is 8.21. The SMILES string of the molecule is COc1ccc(/C=C2\C[C@H]3[C@@H]4CC[C@H]5CCCC[C@]5(C)[C@H]4CC[C@]3(C)[C@H]2O)cc1. The number of hydrogen-bond donors (Lipinski definition) is 1. The van der Waals surface area contributed by atoms with Crippen LogP contribution in [0.15, 0.2) is 29.8 Å². The van der Waals surface area contributed by atoms with Crippen molar-refractivity contribution in [3.05, 3.63) is 35.4 Å². The molecule has 1 N–H and O–H groups in total. The normalized spacial score (nSPS) is 45.4. The highest BCUT2D eigenvalue weighted by molar-refractivity contribution is 5.56. The maximum Gasteiger partial charge on any atom is 0.118 e. The predicted molar refractivity (Wildman–Crippen MR) is 119 cm³/mol. The molecule has 2 heteroatoms. The summed E-state index contributed by atoms with van der Waals surface area (Å²) in [6.45, 7) is 5.03. The molecule has 0 heterocycles. The van der Waals surface area contributed by atoms with Gasteiger partial charge in [-0.15, -0.1) is 0 Å². The van der Waals surface area contributed by atoms with Gasteiger partial charge in [0, 0.05) is 5.41 Å². The Kier molecular flexibility index (Phi) is 4.85. The highest BCUT2D eigenvalue weighted by Gasteiger charge is 2.60. The second kappa shape index (κ2) is 7.15.